The van der Waals surface area contributed by atoms with Crippen LogP contribution in [0.5, 0.6) is 0 Å². The molecular formula is C67H83N3O7S2Si. The number of carbonyl (C=O) groups is 4. The lowest BCUT2D eigenvalue weighted by molar-refractivity contribution is -0.140. The lowest BCUT2D eigenvalue weighted by Gasteiger charge is -2.46. The summed E-state index contributed by atoms with van der Waals surface area (Å²) in [5.74, 6) is -2.17. The molecule has 0 radical (unpaired) electrons. The third kappa shape index (κ3) is 15.6. The number of carboxylic acid groups (broad SMARTS) is 1. The van der Waals surface area contributed by atoms with Crippen LogP contribution in [0.15, 0.2) is 194 Å². The van der Waals surface area contributed by atoms with Gasteiger partial charge in [-0.05, 0) is 75.0 Å². The second-order valence-electron chi connectivity index (χ2n) is 21.9. The maximum absolute atomic E-state index is 15.2. The van der Waals surface area contributed by atoms with Crippen LogP contribution in [0.4, 0.5) is 0 Å². The van der Waals surface area contributed by atoms with Crippen molar-refractivity contribution in [3.8, 4) is 0 Å². The summed E-state index contributed by atoms with van der Waals surface area (Å²) in [7, 11) is -2.67. The van der Waals surface area contributed by atoms with Crippen molar-refractivity contribution in [1.29, 1.82) is 0 Å². The Morgan fingerprint density at radius 2 is 0.900 bits per heavy atom. The van der Waals surface area contributed by atoms with Gasteiger partial charge < -0.3 is 30.6 Å². The van der Waals surface area contributed by atoms with E-state index < -0.39 is 71.8 Å². The molecule has 6 rings (SSSR count). The van der Waals surface area contributed by atoms with Crippen molar-refractivity contribution in [2.75, 3.05) is 11.5 Å². The minimum atomic E-state index is -2.67. The quantitative estimate of drug-likeness (QED) is 0.0128. The Hall–Kier alpha value is -6.22. The van der Waals surface area contributed by atoms with Crippen LogP contribution >= 0.6 is 23.5 Å². The Morgan fingerprint density at radius 3 is 1.25 bits per heavy atom. The molecule has 0 aliphatic heterocycles. The molecule has 0 heterocycles. The predicted molar refractivity (Wildman–Crippen MR) is 332 cm³/mol. The van der Waals surface area contributed by atoms with Crippen LogP contribution in [0.2, 0.25) is 16.6 Å². The first-order valence-corrected chi connectivity index (χ1v) is 32.2. The number of amides is 3. The molecule has 6 aromatic rings. The fraction of sp³-hybridized carbons (Fsp3) is 0.373. The van der Waals surface area contributed by atoms with Crippen molar-refractivity contribution in [3.05, 3.63) is 228 Å². The van der Waals surface area contributed by atoms with Gasteiger partial charge in [-0.2, -0.15) is 0 Å². The first-order chi connectivity index (χ1) is 38.4. The summed E-state index contributed by atoms with van der Waals surface area (Å²) in [6, 6.07) is 58.5. The van der Waals surface area contributed by atoms with Crippen molar-refractivity contribution in [1.82, 2.24) is 16.0 Å². The van der Waals surface area contributed by atoms with Gasteiger partial charge in [0.1, 0.15) is 12.1 Å². The van der Waals surface area contributed by atoms with Gasteiger partial charge in [0, 0.05) is 5.75 Å². The van der Waals surface area contributed by atoms with Gasteiger partial charge in [0.05, 0.1) is 40.6 Å². The van der Waals surface area contributed by atoms with Crippen molar-refractivity contribution in [2.24, 2.45) is 5.92 Å². The van der Waals surface area contributed by atoms with E-state index in [1.807, 2.05) is 104 Å². The highest BCUT2D eigenvalue weighted by molar-refractivity contribution is 8.00. The van der Waals surface area contributed by atoms with E-state index in [0.29, 0.717) is 12.2 Å². The molecule has 0 fully saturated rings. The van der Waals surface area contributed by atoms with E-state index >= 15 is 4.79 Å². The largest absolute Gasteiger partial charge is 0.481 e. The third-order valence-electron chi connectivity index (χ3n) is 15.2. The van der Waals surface area contributed by atoms with E-state index in [0.717, 1.165) is 33.4 Å². The van der Waals surface area contributed by atoms with E-state index in [1.165, 1.54) is 11.8 Å². The molecule has 0 aliphatic rings. The third-order valence-corrected chi connectivity index (χ3v) is 24.5. The Kier molecular flexibility index (Phi) is 23.6. The van der Waals surface area contributed by atoms with Gasteiger partial charge in [0.15, 0.2) is 0 Å². The number of thioether (sulfide) groups is 2. The molecule has 0 spiro atoms. The van der Waals surface area contributed by atoms with Crippen LogP contribution in [0.25, 0.3) is 0 Å². The number of aliphatic hydroxyl groups is 1. The molecular weight excluding hydrogens is 1050 g/mol. The molecule has 5 N–H and O–H groups in total. The molecule has 424 valence electrons. The van der Waals surface area contributed by atoms with E-state index in [9.17, 15) is 24.6 Å². The zero-order valence-corrected chi connectivity index (χ0v) is 50.6. The average molecular weight is 1130 g/mol. The second-order valence-corrected chi connectivity index (χ2v) is 29.9. The zero-order chi connectivity index (χ0) is 57.9. The molecule has 6 aromatic carbocycles. The molecule has 10 nitrogen and oxygen atoms in total. The standard InChI is InChI=1S/C67H83N3O7S2Si/c1-47(2)63(60(45-62(73)74)77-80(48(3)4,49(5)6)50(7)8)70-65(76)59(46-79-67(55-36-22-13-23-37-55,56-38-24-14-25-39-56)57-40-26-15-27-41-57)69-64(75)51(9)68-61(72)44-58(71)42-28-29-43-78-66(52-30-16-10-17-31-52,53-32-18-11-19-33-53)54-34-20-12-21-35-54/h10-28,30-42,47-51,58-60,63,71H,29,43-46H2,1-9H3,(H,68,72)(H,69,75)(H,70,76)(H,73,74)/b42-28+/t51-,58-,59-,60+,63-/m1/s1. The van der Waals surface area contributed by atoms with Crippen LogP contribution in [-0.4, -0.2) is 84.1 Å². The molecule has 0 saturated carbocycles. The number of benzene rings is 6. The van der Waals surface area contributed by atoms with Gasteiger partial charge in [-0.15, -0.1) is 23.5 Å². The Morgan fingerprint density at radius 1 is 0.525 bits per heavy atom. The number of aliphatic carboxylic acids is 1. The summed E-state index contributed by atoms with van der Waals surface area (Å²) in [6.07, 6.45) is 1.54. The van der Waals surface area contributed by atoms with Crippen molar-refractivity contribution >= 4 is 55.5 Å². The smallest absolute Gasteiger partial charge is 0.306 e. The summed E-state index contributed by atoms with van der Waals surface area (Å²) < 4.78 is 5.85. The number of hydrogen-bond acceptors (Lipinski definition) is 8. The number of rotatable bonds is 30. The summed E-state index contributed by atoms with van der Waals surface area (Å²) in [5, 5.41) is 30.5. The minimum absolute atomic E-state index is 0.0693. The van der Waals surface area contributed by atoms with E-state index in [4.69, 9.17) is 4.43 Å². The first kappa shape index (κ1) is 63.0. The summed E-state index contributed by atoms with van der Waals surface area (Å²) in [4.78, 5) is 56.0. The Bertz CT molecular complexity index is 2660. The zero-order valence-electron chi connectivity index (χ0n) is 48.0. The minimum Gasteiger partial charge on any atom is -0.481 e. The topological polar surface area (TPSA) is 154 Å². The highest BCUT2D eigenvalue weighted by atomic mass is 32.2. The second kappa shape index (κ2) is 30.0. The number of hydrogen-bond donors (Lipinski definition) is 5. The number of carboxylic acids is 1. The highest BCUT2D eigenvalue weighted by Crippen LogP contribution is 2.50. The summed E-state index contributed by atoms with van der Waals surface area (Å²) in [6.45, 7) is 18.3. The molecule has 0 saturated heterocycles. The van der Waals surface area contributed by atoms with Crippen molar-refractivity contribution in [2.45, 2.75) is 138 Å². The molecule has 0 aliphatic carbocycles. The Balaban J connectivity index is 1.23. The summed E-state index contributed by atoms with van der Waals surface area (Å²) in [5.41, 5.74) is 6.81. The number of allylic oxidation sites excluding steroid dienone is 1. The van der Waals surface area contributed by atoms with Gasteiger partial charge in [-0.25, -0.2) is 0 Å². The van der Waals surface area contributed by atoms with Crippen LogP contribution in [0.3, 0.4) is 0 Å². The van der Waals surface area contributed by atoms with Crippen LogP contribution in [-0.2, 0) is 33.1 Å². The molecule has 3 amide bonds. The maximum Gasteiger partial charge on any atom is 0.306 e. The average Bonchev–Trinajstić information content (AvgIpc) is 3.62. The van der Waals surface area contributed by atoms with Gasteiger partial charge in [0.2, 0.25) is 26.0 Å². The lowest BCUT2D eigenvalue weighted by Crippen LogP contribution is -2.60. The molecule has 0 unspecified atom stereocenters. The van der Waals surface area contributed by atoms with Crippen LogP contribution in [0.1, 0.15) is 115 Å². The molecule has 80 heavy (non-hydrogen) atoms. The lowest BCUT2D eigenvalue weighted by atomic mass is 9.84. The fourth-order valence-corrected chi connectivity index (χ4v) is 20.0. The van der Waals surface area contributed by atoms with Gasteiger partial charge in [0.25, 0.3) is 0 Å². The predicted octanol–water partition coefficient (Wildman–Crippen LogP) is 13.3. The maximum atomic E-state index is 15.2. The molecule has 13 heteroatoms. The van der Waals surface area contributed by atoms with E-state index in [-0.39, 0.29) is 41.1 Å². The SMILES string of the molecule is CC(C)[C@@H](NC(=O)[C@@H](CSC(c1ccccc1)(c1ccccc1)c1ccccc1)NC(=O)[C@@H](C)NC(=O)C[C@H](O)/C=C/CCSC(c1ccccc1)(c1ccccc1)c1ccccc1)[C@H](CC(=O)O)O[Si](C(C)C)(C(C)C)C(C)C. The Labute approximate surface area is 485 Å². The van der Waals surface area contributed by atoms with Crippen molar-refractivity contribution in [3.63, 3.8) is 0 Å². The molecule has 5 atom stereocenters. The highest BCUT2D eigenvalue weighted by Gasteiger charge is 2.49. The van der Waals surface area contributed by atoms with Gasteiger partial charge in [-0.1, -0.05) is 250 Å². The van der Waals surface area contributed by atoms with E-state index in [2.05, 4.69) is 167 Å². The monoisotopic (exact) mass is 1130 g/mol. The van der Waals surface area contributed by atoms with Crippen LogP contribution < -0.4 is 16.0 Å². The van der Waals surface area contributed by atoms with Gasteiger partial charge >= 0.3 is 5.97 Å². The van der Waals surface area contributed by atoms with Gasteiger partial charge in [-0.3, -0.25) is 19.2 Å². The molecule has 0 aromatic heterocycles. The van der Waals surface area contributed by atoms with E-state index in [1.54, 1.807) is 13.0 Å². The number of nitrogens with one attached hydrogen (secondary N) is 3. The fourth-order valence-electron chi connectivity index (χ4n) is 11.4. The van der Waals surface area contributed by atoms with Crippen molar-refractivity contribution < 1.29 is 33.8 Å². The van der Waals surface area contributed by atoms with Crippen LogP contribution in [0, 0.1) is 5.92 Å². The first-order valence-electron chi connectivity index (χ1n) is 28.1. The normalized spacial score (nSPS) is 14.2. The number of carbonyl (C=O) groups excluding carboxylic acids is 3. The number of aliphatic hydroxyl groups excluding tert-OH is 1. The summed E-state index contributed by atoms with van der Waals surface area (Å²) >= 11 is 3.31. The molecule has 0 bridgehead atoms.